The number of hydrogen-bond donors (Lipinski definition) is 3. The maximum atomic E-state index is 9.11. The first-order chi connectivity index (χ1) is 10.1. The van der Waals surface area contributed by atoms with Gasteiger partial charge >= 0.3 is 0 Å². The molecule has 0 fully saturated rings. The van der Waals surface area contributed by atoms with Crippen molar-refractivity contribution in [2.45, 2.75) is 6.42 Å². The lowest BCUT2D eigenvalue weighted by molar-refractivity contribution is 0.299. The second-order valence-corrected chi connectivity index (χ2v) is 4.69. The van der Waals surface area contributed by atoms with E-state index < -0.39 is 0 Å². The first-order valence-corrected chi connectivity index (χ1v) is 6.61. The summed E-state index contributed by atoms with van der Waals surface area (Å²) in [5.41, 5.74) is 15.6. The Balaban J connectivity index is 2.64. The summed E-state index contributed by atoms with van der Waals surface area (Å²) in [6, 6.07) is 9.19. The van der Waals surface area contributed by atoms with Crippen LogP contribution in [0.1, 0.15) is 5.56 Å². The minimum Gasteiger partial charge on any atom is -0.497 e. The first-order valence-electron chi connectivity index (χ1n) is 6.61. The lowest BCUT2D eigenvalue weighted by atomic mass is 9.97. The fourth-order valence-corrected chi connectivity index (χ4v) is 2.26. The van der Waals surface area contributed by atoms with Gasteiger partial charge in [0.2, 0.25) is 0 Å². The normalized spacial score (nSPS) is 10.4. The molecule has 0 unspecified atom stereocenters. The van der Waals surface area contributed by atoms with Gasteiger partial charge in [0.1, 0.15) is 11.5 Å². The molecule has 0 amide bonds. The molecular formula is C16H20N2O3. The molecule has 0 aromatic heterocycles. The maximum absolute atomic E-state index is 9.11. The third-order valence-electron chi connectivity index (χ3n) is 3.37. The van der Waals surface area contributed by atoms with E-state index in [2.05, 4.69) is 0 Å². The predicted octanol–water partition coefficient (Wildman–Crippen LogP) is 2.07. The Labute approximate surface area is 124 Å². The van der Waals surface area contributed by atoms with Gasteiger partial charge in [-0.3, -0.25) is 0 Å². The van der Waals surface area contributed by atoms with Crippen LogP contribution in [0.15, 0.2) is 30.3 Å². The van der Waals surface area contributed by atoms with Gasteiger partial charge < -0.3 is 26.0 Å². The third-order valence-corrected chi connectivity index (χ3v) is 3.37. The molecular weight excluding hydrogens is 268 g/mol. The van der Waals surface area contributed by atoms with Crippen LogP contribution in [0, 0.1) is 0 Å². The number of nitrogen functional groups attached to an aromatic ring is 2. The zero-order valence-corrected chi connectivity index (χ0v) is 12.2. The standard InChI is InChI=1S/C16H20N2O3/c1-20-11-3-4-15(21-2)12(9-11)13-7-10(5-6-19)8-14(17)16(13)18/h3-4,7-9,19H,5-6,17-18H2,1-2H3. The van der Waals surface area contributed by atoms with Gasteiger partial charge in [-0.25, -0.2) is 0 Å². The van der Waals surface area contributed by atoms with Gasteiger partial charge in [0, 0.05) is 17.7 Å². The molecule has 0 aliphatic carbocycles. The van der Waals surface area contributed by atoms with Gasteiger partial charge in [-0.2, -0.15) is 0 Å². The smallest absolute Gasteiger partial charge is 0.127 e. The maximum Gasteiger partial charge on any atom is 0.127 e. The third kappa shape index (κ3) is 3.03. The topological polar surface area (TPSA) is 90.7 Å². The molecule has 0 saturated carbocycles. The zero-order valence-electron chi connectivity index (χ0n) is 12.2. The summed E-state index contributed by atoms with van der Waals surface area (Å²) in [6.07, 6.45) is 0.518. The molecule has 0 heterocycles. The van der Waals surface area contributed by atoms with Crippen molar-refractivity contribution in [1.29, 1.82) is 0 Å². The Morgan fingerprint density at radius 1 is 1.00 bits per heavy atom. The van der Waals surface area contributed by atoms with Crippen LogP contribution in [-0.2, 0) is 6.42 Å². The van der Waals surface area contributed by atoms with E-state index in [0.717, 1.165) is 16.7 Å². The SMILES string of the molecule is COc1ccc(OC)c(-c2cc(CCO)cc(N)c2N)c1. The highest BCUT2D eigenvalue weighted by atomic mass is 16.5. The molecule has 112 valence electrons. The first kappa shape index (κ1) is 15.0. The average Bonchev–Trinajstić information content (AvgIpc) is 2.50. The minimum absolute atomic E-state index is 0.0536. The zero-order chi connectivity index (χ0) is 15.4. The lowest BCUT2D eigenvalue weighted by Crippen LogP contribution is -2.02. The summed E-state index contributed by atoms with van der Waals surface area (Å²) in [4.78, 5) is 0. The molecule has 0 atom stereocenters. The predicted molar refractivity (Wildman–Crippen MR) is 84.6 cm³/mol. The fraction of sp³-hybridized carbons (Fsp3) is 0.250. The van der Waals surface area contributed by atoms with Crippen molar-refractivity contribution in [3.63, 3.8) is 0 Å². The Morgan fingerprint density at radius 3 is 2.38 bits per heavy atom. The quantitative estimate of drug-likeness (QED) is 0.733. The number of aliphatic hydroxyl groups is 1. The fourth-order valence-electron chi connectivity index (χ4n) is 2.26. The summed E-state index contributed by atoms with van der Waals surface area (Å²) >= 11 is 0. The van der Waals surface area contributed by atoms with Crippen LogP contribution in [0.2, 0.25) is 0 Å². The molecule has 5 heteroatoms. The van der Waals surface area contributed by atoms with Crippen molar-refractivity contribution in [3.05, 3.63) is 35.9 Å². The summed E-state index contributed by atoms with van der Waals surface area (Å²) < 4.78 is 10.6. The van der Waals surface area contributed by atoms with Gasteiger partial charge in [0.25, 0.3) is 0 Å². The minimum atomic E-state index is 0.0536. The van der Waals surface area contributed by atoms with E-state index >= 15 is 0 Å². The van der Waals surface area contributed by atoms with Crippen LogP contribution in [0.25, 0.3) is 11.1 Å². The van der Waals surface area contributed by atoms with E-state index in [1.54, 1.807) is 20.3 Å². The number of anilines is 2. The Hall–Kier alpha value is -2.40. The highest BCUT2D eigenvalue weighted by Gasteiger charge is 2.13. The number of hydrogen-bond acceptors (Lipinski definition) is 5. The lowest BCUT2D eigenvalue weighted by Gasteiger charge is -2.15. The van der Waals surface area contributed by atoms with E-state index in [1.807, 2.05) is 24.3 Å². The molecule has 0 spiro atoms. The Bertz CT molecular complexity index is 642. The molecule has 0 bridgehead atoms. The van der Waals surface area contributed by atoms with E-state index in [9.17, 15) is 0 Å². The largest absolute Gasteiger partial charge is 0.497 e. The number of aliphatic hydroxyl groups excluding tert-OH is 1. The summed E-state index contributed by atoms with van der Waals surface area (Å²) in [7, 11) is 3.20. The van der Waals surface area contributed by atoms with Crippen LogP contribution in [-0.4, -0.2) is 25.9 Å². The van der Waals surface area contributed by atoms with Crippen molar-refractivity contribution < 1.29 is 14.6 Å². The van der Waals surface area contributed by atoms with Crippen molar-refractivity contribution in [2.24, 2.45) is 0 Å². The van der Waals surface area contributed by atoms with Crippen molar-refractivity contribution in [1.82, 2.24) is 0 Å². The van der Waals surface area contributed by atoms with E-state index in [-0.39, 0.29) is 6.61 Å². The van der Waals surface area contributed by atoms with Crippen LogP contribution < -0.4 is 20.9 Å². The van der Waals surface area contributed by atoms with Gasteiger partial charge in [-0.1, -0.05) is 0 Å². The molecule has 21 heavy (non-hydrogen) atoms. The van der Waals surface area contributed by atoms with Crippen molar-refractivity contribution in [3.8, 4) is 22.6 Å². The molecule has 2 aromatic carbocycles. The summed E-state index contributed by atoms with van der Waals surface area (Å²) in [5.74, 6) is 1.39. The Morgan fingerprint density at radius 2 is 1.76 bits per heavy atom. The molecule has 0 aliphatic rings. The Kier molecular flexibility index (Phi) is 4.55. The molecule has 5 N–H and O–H groups in total. The van der Waals surface area contributed by atoms with Gasteiger partial charge in [0.15, 0.2) is 0 Å². The average molecular weight is 288 g/mol. The van der Waals surface area contributed by atoms with Crippen LogP contribution in [0.5, 0.6) is 11.5 Å². The monoisotopic (exact) mass is 288 g/mol. The van der Waals surface area contributed by atoms with Gasteiger partial charge in [-0.05, 0) is 42.3 Å². The van der Waals surface area contributed by atoms with Crippen molar-refractivity contribution in [2.75, 3.05) is 32.3 Å². The van der Waals surface area contributed by atoms with Crippen LogP contribution in [0.3, 0.4) is 0 Å². The van der Waals surface area contributed by atoms with Crippen LogP contribution >= 0.6 is 0 Å². The molecule has 5 nitrogen and oxygen atoms in total. The molecule has 0 aliphatic heterocycles. The van der Waals surface area contributed by atoms with Gasteiger partial charge in [-0.15, -0.1) is 0 Å². The number of rotatable bonds is 5. The molecule has 0 radical (unpaired) electrons. The highest BCUT2D eigenvalue weighted by Crippen LogP contribution is 2.39. The molecule has 0 saturated heterocycles. The number of methoxy groups -OCH3 is 2. The number of benzene rings is 2. The van der Waals surface area contributed by atoms with Gasteiger partial charge in [0.05, 0.1) is 25.6 Å². The van der Waals surface area contributed by atoms with Crippen LogP contribution in [0.4, 0.5) is 11.4 Å². The van der Waals surface area contributed by atoms with Crippen molar-refractivity contribution >= 4 is 11.4 Å². The van der Waals surface area contributed by atoms with E-state index in [0.29, 0.717) is 29.3 Å². The molecule has 2 rings (SSSR count). The molecule has 2 aromatic rings. The number of nitrogens with two attached hydrogens (primary N) is 2. The summed E-state index contributed by atoms with van der Waals surface area (Å²) in [6.45, 7) is 0.0536. The van der Waals surface area contributed by atoms with E-state index in [4.69, 9.17) is 26.0 Å². The second-order valence-electron chi connectivity index (χ2n) is 4.69. The van der Waals surface area contributed by atoms with E-state index in [1.165, 1.54) is 0 Å². The second kappa shape index (κ2) is 6.37. The summed E-state index contributed by atoms with van der Waals surface area (Å²) in [5, 5.41) is 9.11. The number of ether oxygens (including phenoxy) is 2. The highest BCUT2D eigenvalue weighted by molar-refractivity contribution is 5.88.